The van der Waals surface area contributed by atoms with Gasteiger partial charge in [0.25, 0.3) is 5.56 Å². The lowest BCUT2D eigenvalue weighted by molar-refractivity contribution is 0.581. The molecule has 4 nitrogen and oxygen atoms in total. The summed E-state index contributed by atoms with van der Waals surface area (Å²) >= 11 is 0. The number of unbranched alkanes of at least 4 members (excludes halogenated alkanes) is 2. The highest BCUT2D eigenvalue weighted by Crippen LogP contribution is 2.11. The van der Waals surface area contributed by atoms with Gasteiger partial charge in [-0.1, -0.05) is 50.1 Å². The van der Waals surface area contributed by atoms with E-state index in [0.717, 1.165) is 19.3 Å². The largest absolute Gasteiger partial charge is 0.336 e. The third-order valence-electron chi connectivity index (χ3n) is 4.05. The van der Waals surface area contributed by atoms with E-state index in [1.807, 2.05) is 36.4 Å². The van der Waals surface area contributed by atoms with Crippen molar-refractivity contribution in [3.05, 3.63) is 75.4 Å². The number of aryl methyl sites for hydroxylation is 1. The van der Waals surface area contributed by atoms with Crippen LogP contribution in [-0.4, -0.2) is 9.13 Å². The molecule has 2 aromatic carbocycles. The van der Waals surface area contributed by atoms with Crippen molar-refractivity contribution in [2.75, 3.05) is 0 Å². The third kappa shape index (κ3) is 2.84. The number of para-hydroxylation sites is 2. The number of rotatable bonds is 5. The molecule has 23 heavy (non-hydrogen) atoms. The molecule has 4 heteroatoms. The molecule has 0 saturated heterocycles. The average molecular weight is 308 g/mol. The third-order valence-corrected chi connectivity index (χ3v) is 4.05. The maximum absolute atomic E-state index is 12.9. The van der Waals surface area contributed by atoms with Crippen LogP contribution in [0.5, 0.6) is 0 Å². The smallest absolute Gasteiger partial charge is 0.293 e. The van der Waals surface area contributed by atoms with Gasteiger partial charge < -0.3 is 0 Å². The van der Waals surface area contributed by atoms with Crippen molar-refractivity contribution in [2.24, 2.45) is 0 Å². The van der Waals surface area contributed by atoms with E-state index in [-0.39, 0.29) is 11.2 Å². The number of nitrogens with zero attached hydrogens (tertiary/aromatic N) is 2. The van der Waals surface area contributed by atoms with Crippen LogP contribution < -0.4 is 11.2 Å². The fourth-order valence-electron chi connectivity index (χ4n) is 2.86. The Kier molecular flexibility index (Phi) is 4.42. The predicted octanol–water partition coefficient (Wildman–Crippen LogP) is 3.34. The standard InChI is InChI=1S/C19H20N2O2/c1-2-3-9-14-20-17-13-8-7-12-16(17)18(22)21(19(20)23)15-10-5-4-6-11-15/h4-8,10-13H,2-3,9,14H2,1H3. The van der Waals surface area contributed by atoms with Crippen LogP contribution in [0.25, 0.3) is 16.6 Å². The predicted molar refractivity (Wildman–Crippen MR) is 93.3 cm³/mol. The summed E-state index contributed by atoms with van der Waals surface area (Å²) in [5, 5.41) is 0.576. The monoisotopic (exact) mass is 308 g/mol. The topological polar surface area (TPSA) is 44.0 Å². The second kappa shape index (κ2) is 6.65. The summed E-state index contributed by atoms with van der Waals surface area (Å²) in [6.45, 7) is 2.76. The van der Waals surface area contributed by atoms with Crippen LogP contribution >= 0.6 is 0 Å². The van der Waals surface area contributed by atoms with E-state index in [4.69, 9.17) is 0 Å². The van der Waals surface area contributed by atoms with Crippen LogP contribution in [0.15, 0.2) is 64.2 Å². The molecule has 118 valence electrons. The molecule has 0 bridgehead atoms. The minimum atomic E-state index is -0.268. The SMILES string of the molecule is CCCCCn1c(=O)n(-c2ccccc2)c(=O)c2ccccc21. The van der Waals surface area contributed by atoms with Crippen molar-refractivity contribution in [3.63, 3.8) is 0 Å². The van der Waals surface area contributed by atoms with Gasteiger partial charge in [0.1, 0.15) is 0 Å². The maximum atomic E-state index is 12.9. The van der Waals surface area contributed by atoms with Crippen LogP contribution in [0.4, 0.5) is 0 Å². The lowest BCUT2D eigenvalue weighted by Gasteiger charge is -2.14. The number of fused-ring (bicyclic) bond motifs is 1. The normalized spacial score (nSPS) is 11.0. The second-order valence-corrected chi connectivity index (χ2v) is 5.63. The average Bonchev–Trinajstić information content (AvgIpc) is 2.59. The molecule has 0 amide bonds. The number of hydrogen-bond acceptors (Lipinski definition) is 2. The lowest BCUT2D eigenvalue weighted by Crippen LogP contribution is -2.39. The van der Waals surface area contributed by atoms with Gasteiger partial charge in [-0.2, -0.15) is 0 Å². The van der Waals surface area contributed by atoms with Crippen LogP contribution in [0.2, 0.25) is 0 Å². The van der Waals surface area contributed by atoms with E-state index in [2.05, 4.69) is 6.92 Å². The Hall–Kier alpha value is -2.62. The van der Waals surface area contributed by atoms with E-state index < -0.39 is 0 Å². The van der Waals surface area contributed by atoms with Crippen molar-refractivity contribution < 1.29 is 0 Å². The highest BCUT2D eigenvalue weighted by molar-refractivity contribution is 5.78. The van der Waals surface area contributed by atoms with Gasteiger partial charge in [0.05, 0.1) is 16.6 Å². The number of benzene rings is 2. The molecule has 1 heterocycles. The molecule has 0 saturated carbocycles. The van der Waals surface area contributed by atoms with Crippen molar-refractivity contribution in [1.82, 2.24) is 9.13 Å². The molecule has 0 atom stereocenters. The molecule has 0 aliphatic heterocycles. The highest BCUT2D eigenvalue weighted by Gasteiger charge is 2.13. The van der Waals surface area contributed by atoms with Gasteiger partial charge in [-0.25, -0.2) is 9.36 Å². The van der Waals surface area contributed by atoms with Gasteiger partial charge >= 0.3 is 5.69 Å². The molecule has 0 N–H and O–H groups in total. The Morgan fingerprint density at radius 3 is 2.30 bits per heavy atom. The van der Waals surface area contributed by atoms with Crippen LogP contribution in [-0.2, 0) is 6.54 Å². The Bertz CT molecular complexity index is 923. The summed E-state index contributed by atoms with van der Waals surface area (Å²) < 4.78 is 2.99. The van der Waals surface area contributed by atoms with Gasteiger partial charge in [-0.05, 0) is 30.7 Å². The molecular weight excluding hydrogens is 288 g/mol. The van der Waals surface area contributed by atoms with Crippen molar-refractivity contribution in [2.45, 2.75) is 32.7 Å². The lowest BCUT2D eigenvalue weighted by atomic mass is 10.2. The van der Waals surface area contributed by atoms with Gasteiger partial charge in [0, 0.05) is 6.54 Å². The Morgan fingerprint density at radius 2 is 1.57 bits per heavy atom. The van der Waals surface area contributed by atoms with Gasteiger partial charge in [-0.15, -0.1) is 0 Å². The zero-order valence-corrected chi connectivity index (χ0v) is 13.2. The Morgan fingerprint density at radius 1 is 0.870 bits per heavy atom. The van der Waals surface area contributed by atoms with Crippen molar-refractivity contribution >= 4 is 10.9 Å². The van der Waals surface area contributed by atoms with Gasteiger partial charge in [-0.3, -0.25) is 9.36 Å². The first-order valence-corrected chi connectivity index (χ1v) is 8.04. The Balaban J connectivity index is 2.29. The first-order valence-electron chi connectivity index (χ1n) is 8.04. The van der Waals surface area contributed by atoms with Crippen molar-refractivity contribution in [1.29, 1.82) is 0 Å². The maximum Gasteiger partial charge on any atom is 0.336 e. The molecule has 3 aromatic rings. The molecule has 1 aromatic heterocycles. The zero-order valence-electron chi connectivity index (χ0n) is 13.2. The molecule has 0 spiro atoms. The van der Waals surface area contributed by atoms with E-state index in [0.29, 0.717) is 23.1 Å². The van der Waals surface area contributed by atoms with Gasteiger partial charge in [0.2, 0.25) is 0 Å². The van der Waals surface area contributed by atoms with Crippen LogP contribution in [0.1, 0.15) is 26.2 Å². The molecule has 0 aliphatic carbocycles. The molecular formula is C19H20N2O2. The fourth-order valence-corrected chi connectivity index (χ4v) is 2.86. The van der Waals surface area contributed by atoms with E-state index in [1.54, 1.807) is 22.8 Å². The minimum Gasteiger partial charge on any atom is -0.293 e. The Labute approximate surface area is 134 Å². The number of hydrogen-bond donors (Lipinski definition) is 0. The molecule has 0 radical (unpaired) electrons. The molecule has 0 fully saturated rings. The summed E-state index contributed by atoms with van der Waals surface area (Å²) in [5.41, 5.74) is 0.794. The first-order chi connectivity index (χ1) is 11.2. The summed E-state index contributed by atoms with van der Waals surface area (Å²) in [4.78, 5) is 25.7. The van der Waals surface area contributed by atoms with E-state index >= 15 is 0 Å². The summed E-state index contributed by atoms with van der Waals surface area (Å²) in [6, 6.07) is 16.4. The summed E-state index contributed by atoms with van der Waals surface area (Å²) in [6.07, 6.45) is 3.07. The minimum absolute atomic E-state index is 0.261. The second-order valence-electron chi connectivity index (χ2n) is 5.63. The van der Waals surface area contributed by atoms with Crippen molar-refractivity contribution in [3.8, 4) is 5.69 Å². The van der Waals surface area contributed by atoms with E-state index in [1.165, 1.54) is 4.57 Å². The quantitative estimate of drug-likeness (QED) is 0.679. The zero-order chi connectivity index (χ0) is 16.2. The fraction of sp³-hybridized carbons (Fsp3) is 0.263. The van der Waals surface area contributed by atoms with Crippen LogP contribution in [0.3, 0.4) is 0 Å². The summed E-state index contributed by atoms with van der Waals surface area (Å²) in [7, 11) is 0. The first kappa shape index (κ1) is 15.3. The highest BCUT2D eigenvalue weighted by atomic mass is 16.2. The molecule has 0 aliphatic rings. The summed E-state index contributed by atoms with van der Waals surface area (Å²) in [5.74, 6) is 0. The number of aromatic nitrogens is 2. The van der Waals surface area contributed by atoms with Gasteiger partial charge in [0.15, 0.2) is 0 Å². The molecule has 3 rings (SSSR count). The van der Waals surface area contributed by atoms with Crippen LogP contribution in [0, 0.1) is 0 Å². The molecule has 0 unspecified atom stereocenters. The van der Waals surface area contributed by atoms with E-state index in [9.17, 15) is 9.59 Å².